The molecule has 2 aromatic heterocycles. The van der Waals surface area contributed by atoms with Gasteiger partial charge in [-0.3, -0.25) is 18.8 Å². The summed E-state index contributed by atoms with van der Waals surface area (Å²) in [4.78, 5) is 40.2. The van der Waals surface area contributed by atoms with Gasteiger partial charge in [-0.15, -0.1) is 10.2 Å². The quantitative estimate of drug-likeness (QED) is 0.509. The van der Waals surface area contributed by atoms with E-state index < -0.39 is 47.4 Å². The van der Waals surface area contributed by atoms with Gasteiger partial charge in [-0.25, -0.2) is 0 Å². The highest BCUT2D eigenvalue weighted by molar-refractivity contribution is 9.10. The summed E-state index contributed by atoms with van der Waals surface area (Å²) in [6.07, 6.45) is -5.18. The summed E-state index contributed by atoms with van der Waals surface area (Å²) >= 11 is 3.38. The largest absolute Gasteiger partial charge is 0.471 e. The summed E-state index contributed by atoms with van der Waals surface area (Å²) in [5.74, 6) is -3.85. The van der Waals surface area contributed by atoms with E-state index in [4.69, 9.17) is 0 Å². The molecule has 10 nitrogen and oxygen atoms in total. The number of alkyl halides is 3. The monoisotopic (exact) mass is 597 g/mol. The number of likely N-dealkylation sites (tertiary alicyclic amines) is 1. The molecule has 1 aliphatic carbocycles. The van der Waals surface area contributed by atoms with Gasteiger partial charge in [0.2, 0.25) is 11.8 Å². The predicted octanol–water partition coefficient (Wildman–Crippen LogP) is 2.75. The maximum absolute atomic E-state index is 13.6. The van der Waals surface area contributed by atoms with Gasteiger partial charge < -0.3 is 15.5 Å². The van der Waals surface area contributed by atoms with Crippen molar-refractivity contribution in [2.75, 3.05) is 6.54 Å². The highest BCUT2D eigenvalue weighted by atomic mass is 79.9. The van der Waals surface area contributed by atoms with Crippen LogP contribution in [0.15, 0.2) is 22.8 Å². The lowest BCUT2D eigenvalue weighted by Gasteiger charge is -2.37. The number of carbonyl (C=O) groups is 3. The normalized spacial score (nSPS) is 23.8. The van der Waals surface area contributed by atoms with Gasteiger partial charge in [0.1, 0.15) is 12.1 Å². The number of halogens is 4. The number of pyridine rings is 1. The van der Waals surface area contributed by atoms with E-state index >= 15 is 0 Å². The van der Waals surface area contributed by atoms with Crippen LogP contribution in [0.3, 0.4) is 0 Å². The number of nitrogens with one attached hydrogen (secondary N) is 2. The van der Waals surface area contributed by atoms with Crippen molar-refractivity contribution in [3.8, 4) is 6.07 Å². The molecule has 2 fully saturated rings. The third-order valence-electron chi connectivity index (χ3n) is 7.49. The Morgan fingerprint density at radius 2 is 1.84 bits per heavy atom. The molecule has 38 heavy (non-hydrogen) atoms. The Kier molecular flexibility index (Phi) is 6.75. The zero-order valence-corrected chi connectivity index (χ0v) is 22.9. The average molecular weight is 598 g/mol. The van der Waals surface area contributed by atoms with E-state index in [-0.39, 0.29) is 29.6 Å². The van der Waals surface area contributed by atoms with E-state index in [1.54, 1.807) is 22.6 Å². The Bertz CT molecular complexity index is 1340. The standard InChI is InChI=1S/C24H27BrF3N7O3/c1-22(2,3)17(31-21(38)24(26,27)28)20(37)34-10-11-15(23(11,4)5)16(34)19(36)30-12(9-29)18-33-32-14-8-6-7-13(25)35(14)18/h6-8,11-12,15-17H,10H2,1-5H3,(H,30,36)(H,31,38)/t11-,12?,15-,16-,17+/m0/s1. The fraction of sp³-hybridized carbons (Fsp3) is 0.583. The summed E-state index contributed by atoms with van der Waals surface area (Å²) in [5.41, 5.74) is -0.931. The molecule has 1 saturated carbocycles. The molecule has 3 amide bonds. The first-order valence-electron chi connectivity index (χ1n) is 11.9. The lowest BCUT2D eigenvalue weighted by Crippen LogP contribution is -2.60. The maximum atomic E-state index is 13.6. The minimum absolute atomic E-state index is 0.0651. The molecule has 3 heterocycles. The van der Waals surface area contributed by atoms with Gasteiger partial charge in [0.15, 0.2) is 17.5 Å². The minimum Gasteiger partial charge on any atom is -0.336 e. The Balaban J connectivity index is 1.63. The van der Waals surface area contributed by atoms with Crippen molar-refractivity contribution in [1.82, 2.24) is 30.1 Å². The van der Waals surface area contributed by atoms with Gasteiger partial charge >= 0.3 is 12.1 Å². The van der Waals surface area contributed by atoms with E-state index in [1.807, 2.05) is 25.2 Å². The van der Waals surface area contributed by atoms with Crippen LogP contribution >= 0.6 is 15.9 Å². The summed E-state index contributed by atoms with van der Waals surface area (Å²) in [7, 11) is 0. The van der Waals surface area contributed by atoms with Gasteiger partial charge in [0, 0.05) is 6.54 Å². The van der Waals surface area contributed by atoms with Gasteiger partial charge in [0.05, 0.1) is 10.7 Å². The first-order valence-corrected chi connectivity index (χ1v) is 12.7. The number of piperidine rings is 1. The SMILES string of the molecule is CC(C)(C)[C@H](NC(=O)C(F)(F)F)C(=O)N1C[C@H]2[C@@H]([C@H]1C(=O)NC(C#N)c1nnc3cccc(Br)n13)C2(C)C. The molecule has 14 heteroatoms. The molecule has 0 bridgehead atoms. The molecule has 1 aliphatic heterocycles. The smallest absolute Gasteiger partial charge is 0.336 e. The molecule has 1 unspecified atom stereocenters. The zero-order chi connectivity index (χ0) is 28.4. The molecular weight excluding hydrogens is 571 g/mol. The van der Waals surface area contributed by atoms with Crippen LogP contribution in [0.2, 0.25) is 0 Å². The molecule has 0 spiro atoms. The number of nitrogens with zero attached hydrogens (tertiary/aromatic N) is 5. The van der Waals surface area contributed by atoms with E-state index in [9.17, 15) is 32.8 Å². The van der Waals surface area contributed by atoms with Crippen molar-refractivity contribution in [2.45, 2.75) is 58.9 Å². The molecule has 2 aromatic rings. The summed E-state index contributed by atoms with van der Waals surface area (Å²) in [6.45, 7) is 8.62. The minimum atomic E-state index is -5.18. The van der Waals surface area contributed by atoms with Crippen LogP contribution in [0.25, 0.3) is 5.65 Å². The molecule has 4 rings (SSSR count). The van der Waals surface area contributed by atoms with Crippen molar-refractivity contribution < 1.29 is 27.6 Å². The molecule has 0 radical (unpaired) electrons. The fourth-order valence-electron chi connectivity index (χ4n) is 5.33. The van der Waals surface area contributed by atoms with Crippen molar-refractivity contribution in [3.63, 3.8) is 0 Å². The number of nitriles is 1. The van der Waals surface area contributed by atoms with E-state index in [1.165, 1.54) is 25.7 Å². The average Bonchev–Trinajstić information content (AvgIpc) is 3.20. The second-order valence-corrected chi connectivity index (χ2v) is 12.1. The van der Waals surface area contributed by atoms with Gasteiger partial charge in [-0.2, -0.15) is 18.4 Å². The van der Waals surface area contributed by atoms with Crippen LogP contribution in [-0.2, 0) is 14.4 Å². The van der Waals surface area contributed by atoms with Crippen LogP contribution in [0.1, 0.15) is 46.5 Å². The fourth-order valence-corrected chi connectivity index (χ4v) is 5.85. The predicted molar refractivity (Wildman–Crippen MR) is 131 cm³/mol. The highest BCUT2D eigenvalue weighted by Gasteiger charge is 2.70. The van der Waals surface area contributed by atoms with Crippen LogP contribution < -0.4 is 10.6 Å². The van der Waals surface area contributed by atoms with Crippen molar-refractivity contribution in [1.29, 1.82) is 5.26 Å². The van der Waals surface area contributed by atoms with Gasteiger partial charge in [0.25, 0.3) is 0 Å². The summed E-state index contributed by atoms with van der Waals surface area (Å²) in [5, 5.41) is 22.4. The van der Waals surface area contributed by atoms with E-state index in [2.05, 4.69) is 31.4 Å². The third kappa shape index (κ3) is 4.72. The zero-order valence-electron chi connectivity index (χ0n) is 21.3. The molecule has 0 aromatic carbocycles. The Labute approximate surface area is 225 Å². The second-order valence-electron chi connectivity index (χ2n) is 11.3. The Hall–Kier alpha value is -3.21. The molecule has 2 N–H and O–H groups in total. The molecule has 2 aliphatic rings. The first kappa shape index (κ1) is 27.8. The number of amides is 3. The topological polar surface area (TPSA) is 132 Å². The molecule has 1 saturated heterocycles. The van der Waals surface area contributed by atoms with Crippen LogP contribution in [-0.4, -0.2) is 62.0 Å². The van der Waals surface area contributed by atoms with Crippen LogP contribution in [0, 0.1) is 34.0 Å². The molecule has 204 valence electrons. The number of hydrogen-bond donors (Lipinski definition) is 2. The van der Waals surface area contributed by atoms with Crippen LogP contribution in [0.5, 0.6) is 0 Å². The van der Waals surface area contributed by atoms with E-state index in [0.717, 1.165) is 0 Å². The lowest BCUT2D eigenvalue weighted by atomic mass is 9.85. The van der Waals surface area contributed by atoms with E-state index in [0.29, 0.717) is 10.3 Å². The number of hydrogen-bond acceptors (Lipinski definition) is 6. The third-order valence-corrected chi connectivity index (χ3v) is 8.10. The number of carbonyl (C=O) groups excluding carboxylic acids is 3. The molecule has 5 atom stereocenters. The lowest BCUT2D eigenvalue weighted by molar-refractivity contribution is -0.176. The second kappa shape index (κ2) is 9.21. The number of rotatable bonds is 5. The maximum Gasteiger partial charge on any atom is 0.471 e. The summed E-state index contributed by atoms with van der Waals surface area (Å²) < 4.78 is 41.2. The number of aromatic nitrogens is 3. The van der Waals surface area contributed by atoms with Crippen molar-refractivity contribution in [2.24, 2.45) is 22.7 Å². The number of fused-ring (bicyclic) bond motifs is 2. The highest BCUT2D eigenvalue weighted by Crippen LogP contribution is 2.65. The van der Waals surface area contributed by atoms with Crippen molar-refractivity contribution in [3.05, 3.63) is 28.6 Å². The van der Waals surface area contributed by atoms with Crippen LogP contribution in [0.4, 0.5) is 13.2 Å². The first-order chi connectivity index (χ1) is 17.5. The Morgan fingerprint density at radius 1 is 1.18 bits per heavy atom. The van der Waals surface area contributed by atoms with Gasteiger partial charge in [-0.05, 0) is 50.7 Å². The Morgan fingerprint density at radius 3 is 2.42 bits per heavy atom. The molecular formula is C24H27BrF3N7O3. The summed E-state index contributed by atoms with van der Waals surface area (Å²) in [6, 6.07) is 3.32. The van der Waals surface area contributed by atoms with Gasteiger partial charge in [-0.1, -0.05) is 40.7 Å². The van der Waals surface area contributed by atoms with Crippen molar-refractivity contribution >= 4 is 39.3 Å².